The third-order valence-electron chi connectivity index (χ3n) is 3.80. The van der Waals surface area contributed by atoms with Gasteiger partial charge in [0.25, 0.3) is 0 Å². The molecule has 140 valence electrons. The van der Waals surface area contributed by atoms with Crippen LogP contribution in [-0.2, 0) is 22.7 Å². The van der Waals surface area contributed by atoms with Crippen LogP contribution in [0, 0.1) is 0 Å². The largest absolute Gasteiger partial charge is 0.357 e. The van der Waals surface area contributed by atoms with Gasteiger partial charge in [-0.05, 0) is 49.1 Å². The molecule has 2 N–H and O–H groups in total. The van der Waals surface area contributed by atoms with E-state index in [0.29, 0.717) is 11.4 Å². The van der Waals surface area contributed by atoms with E-state index in [0.717, 1.165) is 37.5 Å². The number of guanidine groups is 1. The first-order valence-electron chi connectivity index (χ1n) is 8.69. The molecular formula is C19H26N4O2S. The van der Waals surface area contributed by atoms with Crippen molar-refractivity contribution in [3.05, 3.63) is 59.9 Å². The van der Waals surface area contributed by atoms with E-state index >= 15 is 0 Å². The minimum Gasteiger partial charge on any atom is -0.357 e. The second-order valence-electron chi connectivity index (χ2n) is 5.96. The molecule has 0 saturated carbocycles. The standard InChI is InChI=1S/C19H26N4O2S/c1-3-21-19(23-14-11-17-5-4-12-20-15-17)22-13-10-16-6-8-18(9-7-16)26(2,24)25/h4-9,12,15H,3,10-11,13-14H2,1-2H3,(H2,21,22,23). The van der Waals surface area contributed by atoms with Gasteiger partial charge in [0.15, 0.2) is 15.8 Å². The highest BCUT2D eigenvalue weighted by atomic mass is 32.2. The lowest BCUT2D eigenvalue weighted by molar-refractivity contribution is 0.602. The van der Waals surface area contributed by atoms with Gasteiger partial charge in [-0.1, -0.05) is 18.2 Å². The average molecular weight is 375 g/mol. The van der Waals surface area contributed by atoms with E-state index in [1.807, 2.05) is 31.3 Å². The predicted octanol–water partition coefficient (Wildman–Crippen LogP) is 1.83. The fourth-order valence-electron chi connectivity index (χ4n) is 2.41. The van der Waals surface area contributed by atoms with Crippen molar-refractivity contribution in [3.63, 3.8) is 0 Å². The van der Waals surface area contributed by atoms with Gasteiger partial charge in [0.2, 0.25) is 0 Å². The van der Waals surface area contributed by atoms with Crippen molar-refractivity contribution < 1.29 is 8.42 Å². The van der Waals surface area contributed by atoms with Crippen LogP contribution in [0.1, 0.15) is 18.1 Å². The van der Waals surface area contributed by atoms with E-state index in [4.69, 9.17) is 0 Å². The summed E-state index contributed by atoms with van der Waals surface area (Å²) in [5.41, 5.74) is 2.24. The van der Waals surface area contributed by atoms with Crippen LogP contribution in [0.4, 0.5) is 0 Å². The van der Waals surface area contributed by atoms with E-state index in [-0.39, 0.29) is 0 Å². The molecule has 0 atom stereocenters. The average Bonchev–Trinajstić information content (AvgIpc) is 2.62. The lowest BCUT2D eigenvalue weighted by Crippen LogP contribution is -2.38. The van der Waals surface area contributed by atoms with Crippen LogP contribution in [0.3, 0.4) is 0 Å². The Balaban J connectivity index is 1.84. The predicted molar refractivity (Wildman–Crippen MR) is 105 cm³/mol. The summed E-state index contributed by atoms with van der Waals surface area (Å²) in [7, 11) is -3.15. The molecule has 0 aliphatic carbocycles. The van der Waals surface area contributed by atoms with Crippen LogP contribution in [0.2, 0.25) is 0 Å². The maximum absolute atomic E-state index is 11.5. The van der Waals surface area contributed by atoms with Gasteiger partial charge in [0, 0.05) is 38.3 Å². The van der Waals surface area contributed by atoms with E-state index < -0.39 is 9.84 Å². The van der Waals surface area contributed by atoms with Gasteiger partial charge >= 0.3 is 0 Å². The summed E-state index contributed by atoms with van der Waals surface area (Å²) in [6, 6.07) is 11.0. The Hall–Kier alpha value is -2.41. The zero-order valence-corrected chi connectivity index (χ0v) is 16.1. The summed E-state index contributed by atoms with van der Waals surface area (Å²) in [6.45, 7) is 4.23. The van der Waals surface area contributed by atoms with Crippen LogP contribution in [-0.4, -0.2) is 45.3 Å². The zero-order valence-electron chi connectivity index (χ0n) is 15.3. The Morgan fingerprint density at radius 3 is 2.46 bits per heavy atom. The number of nitrogens with zero attached hydrogens (tertiary/aromatic N) is 2. The van der Waals surface area contributed by atoms with Crippen molar-refractivity contribution in [2.45, 2.75) is 24.7 Å². The van der Waals surface area contributed by atoms with E-state index in [1.165, 1.54) is 11.8 Å². The number of aromatic nitrogens is 1. The summed E-state index contributed by atoms with van der Waals surface area (Å²) < 4.78 is 23.0. The molecule has 6 nitrogen and oxygen atoms in total. The Morgan fingerprint density at radius 1 is 1.08 bits per heavy atom. The summed E-state index contributed by atoms with van der Waals surface area (Å²) in [6.07, 6.45) is 6.48. The van der Waals surface area contributed by atoms with Gasteiger partial charge < -0.3 is 10.6 Å². The third kappa shape index (κ3) is 6.84. The first-order valence-corrected chi connectivity index (χ1v) is 10.6. The second kappa shape index (κ2) is 9.91. The molecule has 0 amide bonds. The SMILES string of the molecule is CCNC(=NCCc1ccc(S(C)(=O)=O)cc1)NCCc1cccnc1. The van der Waals surface area contributed by atoms with Crippen molar-refractivity contribution >= 4 is 15.8 Å². The number of benzene rings is 1. The van der Waals surface area contributed by atoms with Gasteiger partial charge in [-0.15, -0.1) is 0 Å². The number of rotatable bonds is 8. The fourth-order valence-corrected chi connectivity index (χ4v) is 3.04. The summed E-state index contributed by atoms with van der Waals surface area (Å²) in [5.74, 6) is 0.782. The number of hydrogen-bond acceptors (Lipinski definition) is 4. The van der Waals surface area contributed by atoms with E-state index in [1.54, 1.807) is 18.3 Å². The van der Waals surface area contributed by atoms with Crippen molar-refractivity contribution in [2.75, 3.05) is 25.9 Å². The van der Waals surface area contributed by atoms with Gasteiger partial charge in [-0.2, -0.15) is 0 Å². The molecule has 0 aliphatic heterocycles. The van der Waals surface area contributed by atoms with Crippen LogP contribution in [0.15, 0.2) is 58.7 Å². The maximum Gasteiger partial charge on any atom is 0.191 e. The summed E-state index contributed by atoms with van der Waals surface area (Å²) in [5, 5.41) is 6.54. The van der Waals surface area contributed by atoms with Crippen LogP contribution < -0.4 is 10.6 Å². The lowest BCUT2D eigenvalue weighted by atomic mass is 10.1. The second-order valence-corrected chi connectivity index (χ2v) is 7.98. The highest BCUT2D eigenvalue weighted by Crippen LogP contribution is 2.10. The number of pyridine rings is 1. The van der Waals surface area contributed by atoms with Crippen molar-refractivity contribution in [3.8, 4) is 0 Å². The fraction of sp³-hybridized carbons (Fsp3) is 0.368. The Morgan fingerprint density at radius 2 is 1.85 bits per heavy atom. The molecule has 0 saturated heterocycles. The highest BCUT2D eigenvalue weighted by Gasteiger charge is 2.06. The molecule has 0 bridgehead atoms. The van der Waals surface area contributed by atoms with Gasteiger partial charge in [0.05, 0.1) is 4.90 Å². The Bertz CT molecular complexity index is 803. The molecule has 0 unspecified atom stereocenters. The van der Waals surface area contributed by atoms with Gasteiger partial charge in [0.1, 0.15) is 0 Å². The molecule has 0 radical (unpaired) electrons. The smallest absolute Gasteiger partial charge is 0.191 e. The van der Waals surface area contributed by atoms with E-state index in [2.05, 4.69) is 26.7 Å². The summed E-state index contributed by atoms with van der Waals surface area (Å²) in [4.78, 5) is 9.03. The molecule has 0 spiro atoms. The molecule has 1 aromatic carbocycles. The quantitative estimate of drug-likeness (QED) is 0.544. The Labute approximate surface area is 155 Å². The molecule has 7 heteroatoms. The van der Waals surface area contributed by atoms with Crippen molar-refractivity contribution in [1.82, 2.24) is 15.6 Å². The maximum atomic E-state index is 11.5. The molecule has 0 aliphatic rings. The topological polar surface area (TPSA) is 83.5 Å². The highest BCUT2D eigenvalue weighted by molar-refractivity contribution is 7.90. The molecule has 2 aromatic rings. The lowest BCUT2D eigenvalue weighted by Gasteiger charge is -2.11. The molecule has 0 fully saturated rings. The molecular weight excluding hydrogens is 348 g/mol. The first-order chi connectivity index (χ1) is 12.5. The number of aliphatic imine (C=N–C) groups is 1. The Kier molecular flexibility index (Phi) is 7.59. The van der Waals surface area contributed by atoms with Gasteiger partial charge in [-0.25, -0.2) is 8.42 Å². The van der Waals surface area contributed by atoms with Crippen molar-refractivity contribution in [1.29, 1.82) is 0 Å². The third-order valence-corrected chi connectivity index (χ3v) is 4.92. The number of sulfone groups is 1. The summed E-state index contributed by atoms with van der Waals surface area (Å²) >= 11 is 0. The van der Waals surface area contributed by atoms with Crippen LogP contribution in [0.25, 0.3) is 0 Å². The first kappa shape index (κ1) is 19.9. The monoisotopic (exact) mass is 374 g/mol. The normalized spacial score (nSPS) is 12.0. The molecule has 2 rings (SSSR count). The number of nitrogens with one attached hydrogen (secondary N) is 2. The van der Waals surface area contributed by atoms with Crippen LogP contribution in [0.5, 0.6) is 0 Å². The van der Waals surface area contributed by atoms with E-state index in [9.17, 15) is 8.42 Å². The van der Waals surface area contributed by atoms with Crippen LogP contribution >= 0.6 is 0 Å². The minimum absolute atomic E-state index is 0.343. The molecule has 1 heterocycles. The zero-order chi connectivity index (χ0) is 18.8. The molecule has 1 aromatic heterocycles. The van der Waals surface area contributed by atoms with Crippen molar-refractivity contribution in [2.24, 2.45) is 4.99 Å². The molecule has 26 heavy (non-hydrogen) atoms. The van der Waals surface area contributed by atoms with Gasteiger partial charge in [-0.3, -0.25) is 9.98 Å². The minimum atomic E-state index is -3.15. The number of hydrogen-bond donors (Lipinski definition) is 2.